The van der Waals surface area contributed by atoms with E-state index in [4.69, 9.17) is 5.73 Å². The van der Waals surface area contributed by atoms with Crippen LogP contribution in [-0.4, -0.2) is 22.0 Å². The zero-order valence-corrected chi connectivity index (χ0v) is 10.6. The maximum atomic E-state index is 5.66. The molecule has 0 saturated heterocycles. The SMILES string of the molecule is CNc1ccc2[nH]c(-c3cccc(CN)c3)nc2n1. The molecule has 0 aliphatic heterocycles. The molecule has 1 aromatic carbocycles. The molecule has 0 bridgehead atoms. The zero-order chi connectivity index (χ0) is 13.2. The second kappa shape index (κ2) is 4.70. The minimum absolute atomic E-state index is 0.524. The second-order valence-corrected chi connectivity index (χ2v) is 4.31. The first-order valence-electron chi connectivity index (χ1n) is 6.14. The van der Waals surface area contributed by atoms with Gasteiger partial charge in [0, 0.05) is 19.2 Å². The van der Waals surface area contributed by atoms with Crippen LogP contribution in [-0.2, 0) is 6.54 Å². The number of benzene rings is 1. The predicted octanol–water partition coefficient (Wildman–Crippen LogP) is 2.13. The lowest BCUT2D eigenvalue weighted by Crippen LogP contribution is -1.96. The Balaban J connectivity index is 2.09. The number of rotatable bonds is 3. The van der Waals surface area contributed by atoms with Gasteiger partial charge in [0.15, 0.2) is 5.65 Å². The first-order valence-corrected chi connectivity index (χ1v) is 6.14. The number of hydrogen-bond acceptors (Lipinski definition) is 4. The van der Waals surface area contributed by atoms with E-state index in [1.54, 1.807) is 0 Å². The topological polar surface area (TPSA) is 79.6 Å². The highest BCUT2D eigenvalue weighted by Gasteiger charge is 2.07. The highest BCUT2D eigenvalue weighted by molar-refractivity contribution is 5.77. The van der Waals surface area contributed by atoms with Crippen LogP contribution in [0.15, 0.2) is 36.4 Å². The van der Waals surface area contributed by atoms with Crippen LogP contribution in [0, 0.1) is 0 Å². The molecule has 0 amide bonds. The standard InChI is InChI=1S/C14H15N5/c1-16-12-6-5-11-14(18-12)19-13(17-11)10-4-2-3-9(7-10)8-15/h2-7H,8,15H2,1H3,(H2,16,17,18,19). The number of nitrogens with one attached hydrogen (secondary N) is 2. The van der Waals surface area contributed by atoms with E-state index >= 15 is 0 Å². The van der Waals surface area contributed by atoms with E-state index < -0.39 is 0 Å². The highest BCUT2D eigenvalue weighted by atomic mass is 15.0. The number of anilines is 1. The van der Waals surface area contributed by atoms with Crippen molar-refractivity contribution in [3.8, 4) is 11.4 Å². The zero-order valence-electron chi connectivity index (χ0n) is 10.6. The number of hydrogen-bond donors (Lipinski definition) is 3. The highest BCUT2D eigenvalue weighted by Crippen LogP contribution is 2.21. The summed E-state index contributed by atoms with van der Waals surface area (Å²) in [5, 5.41) is 3.00. The largest absolute Gasteiger partial charge is 0.373 e. The molecule has 3 aromatic rings. The van der Waals surface area contributed by atoms with Crippen LogP contribution in [0.2, 0.25) is 0 Å². The van der Waals surface area contributed by atoms with Crippen molar-refractivity contribution in [3.05, 3.63) is 42.0 Å². The van der Waals surface area contributed by atoms with Crippen molar-refractivity contribution in [2.24, 2.45) is 5.73 Å². The van der Waals surface area contributed by atoms with E-state index in [-0.39, 0.29) is 0 Å². The summed E-state index contributed by atoms with van der Waals surface area (Å²) in [6.07, 6.45) is 0. The minimum atomic E-state index is 0.524. The number of nitrogens with zero attached hydrogens (tertiary/aromatic N) is 2. The maximum absolute atomic E-state index is 5.66. The van der Waals surface area contributed by atoms with E-state index in [1.807, 2.05) is 43.4 Å². The van der Waals surface area contributed by atoms with Crippen molar-refractivity contribution in [3.63, 3.8) is 0 Å². The van der Waals surface area contributed by atoms with Crippen LogP contribution in [0.3, 0.4) is 0 Å². The summed E-state index contributed by atoms with van der Waals surface area (Å²) in [6.45, 7) is 0.524. The molecule has 0 fully saturated rings. The van der Waals surface area contributed by atoms with Gasteiger partial charge in [-0.15, -0.1) is 0 Å². The number of fused-ring (bicyclic) bond motifs is 1. The third-order valence-electron chi connectivity index (χ3n) is 3.04. The molecule has 0 saturated carbocycles. The van der Waals surface area contributed by atoms with Gasteiger partial charge in [-0.2, -0.15) is 0 Å². The Morgan fingerprint density at radius 1 is 1.21 bits per heavy atom. The monoisotopic (exact) mass is 253 g/mol. The Morgan fingerprint density at radius 3 is 2.89 bits per heavy atom. The fourth-order valence-electron chi connectivity index (χ4n) is 2.01. The first kappa shape index (κ1) is 11.7. The Hall–Kier alpha value is -2.40. The molecule has 5 nitrogen and oxygen atoms in total. The third kappa shape index (κ3) is 2.15. The van der Waals surface area contributed by atoms with Gasteiger partial charge >= 0.3 is 0 Å². The third-order valence-corrected chi connectivity index (χ3v) is 3.04. The lowest BCUT2D eigenvalue weighted by atomic mass is 10.1. The van der Waals surface area contributed by atoms with Crippen LogP contribution in [0.5, 0.6) is 0 Å². The molecule has 3 rings (SSSR count). The average Bonchev–Trinajstić information content (AvgIpc) is 2.90. The van der Waals surface area contributed by atoms with E-state index in [9.17, 15) is 0 Å². The molecule has 2 heterocycles. The van der Waals surface area contributed by atoms with Gasteiger partial charge in [-0.3, -0.25) is 0 Å². The summed E-state index contributed by atoms with van der Waals surface area (Å²) in [5.74, 6) is 1.62. The number of imidazole rings is 1. The quantitative estimate of drug-likeness (QED) is 0.668. The summed E-state index contributed by atoms with van der Waals surface area (Å²) < 4.78 is 0. The maximum Gasteiger partial charge on any atom is 0.180 e. The van der Waals surface area contributed by atoms with Crippen LogP contribution >= 0.6 is 0 Å². The Bertz CT molecular complexity index is 717. The van der Waals surface area contributed by atoms with Gasteiger partial charge < -0.3 is 16.0 Å². The molecule has 0 aliphatic carbocycles. The van der Waals surface area contributed by atoms with E-state index in [1.165, 1.54) is 0 Å². The molecular formula is C14H15N5. The number of nitrogens with two attached hydrogens (primary N) is 1. The van der Waals surface area contributed by atoms with Gasteiger partial charge in [-0.25, -0.2) is 9.97 Å². The number of aromatic nitrogens is 3. The van der Waals surface area contributed by atoms with Crippen LogP contribution < -0.4 is 11.1 Å². The molecule has 19 heavy (non-hydrogen) atoms. The molecule has 4 N–H and O–H groups in total. The molecule has 0 aliphatic rings. The van der Waals surface area contributed by atoms with E-state index in [2.05, 4.69) is 20.3 Å². The van der Waals surface area contributed by atoms with Crippen LogP contribution in [0.4, 0.5) is 5.82 Å². The number of aromatic amines is 1. The summed E-state index contributed by atoms with van der Waals surface area (Å²) in [7, 11) is 1.84. The molecular weight excluding hydrogens is 238 g/mol. The fraction of sp³-hybridized carbons (Fsp3) is 0.143. The minimum Gasteiger partial charge on any atom is -0.373 e. The first-order chi connectivity index (χ1) is 9.30. The Kier molecular flexibility index (Phi) is 2.89. The molecule has 5 heteroatoms. The van der Waals surface area contributed by atoms with Crippen molar-refractivity contribution in [1.29, 1.82) is 0 Å². The van der Waals surface area contributed by atoms with Crippen molar-refractivity contribution in [2.45, 2.75) is 6.54 Å². The summed E-state index contributed by atoms with van der Waals surface area (Å²) in [4.78, 5) is 12.2. The summed E-state index contributed by atoms with van der Waals surface area (Å²) in [5.41, 5.74) is 9.40. The van der Waals surface area contributed by atoms with Gasteiger partial charge in [0.1, 0.15) is 11.6 Å². The van der Waals surface area contributed by atoms with E-state index in [0.717, 1.165) is 28.3 Å². The number of H-pyrrole nitrogens is 1. The van der Waals surface area contributed by atoms with Crippen molar-refractivity contribution >= 4 is 17.0 Å². The fourth-order valence-corrected chi connectivity index (χ4v) is 2.01. The van der Waals surface area contributed by atoms with E-state index in [0.29, 0.717) is 12.2 Å². The molecule has 0 atom stereocenters. The smallest absolute Gasteiger partial charge is 0.180 e. The lowest BCUT2D eigenvalue weighted by molar-refractivity contribution is 1.07. The van der Waals surface area contributed by atoms with Crippen molar-refractivity contribution in [2.75, 3.05) is 12.4 Å². The molecule has 0 spiro atoms. The van der Waals surface area contributed by atoms with Crippen LogP contribution in [0.1, 0.15) is 5.56 Å². The normalized spacial score (nSPS) is 10.8. The molecule has 2 aromatic heterocycles. The van der Waals surface area contributed by atoms with Gasteiger partial charge in [0.2, 0.25) is 0 Å². The number of pyridine rings is 1. The predicted molar refractivity (Wildman–Crippen MR) is 76.8 cm³/mol. The van der Waals surface area contributed by atoms with Gasteiger partial charge in [-0.05, 0) is 23.8 Å². The lowest BCUT2D eigenvalue weighted by Gasteiger charge is -1.99. The van der Waals surface area contributed by atoms with Gasteiger partial charge in [0.05, 0.1) is 5.52 Å². The molecule has 96 valence electrons. The van der Waals surface area contributed by atoms with Gasteiger partial charge in [0.25, 0.3) is 0 Å². The molecule has 0 radical (unpaired) electrons. The molecule has 0 unspecified atom stereocenters. The average molecular weight is 253 g/mol. The summed E-state index contributed by atoms with van der Waals surface area (Å²) in [6, 6.07) is 11.9. The van der Waals surface area contributed by atoms with Crippen LogP contribution in [0.25, 0.3) is 22.6 Å². The second-order valence-electron chi connectivity index (χ2n) is 4.31. The Labute approximate surface area is 110 Å². The summed E-state index contributed by atoms with van der Waals surface area (Å²) >= 11 is 0. The Morgan fingerprint density at radius 2 is 2.11 bits per heavy atom. The van der Waals surface area contributed by atoms with Gasteiger partial charge in [-0.1, -0.05) is 18.2 Å². The van der Waals surface area contributed by atoms with Crippen molar-refractivity contribution < 1.29 is 0 Å². The van der Waals surface area contributed by atoms with Crippen molar-refractivity contribution in [1.82, 2.24) is 15.0 Å².